The van der Waals surface area contributed by atoms with Crippen molar-refractivity contribution in [3.63, 3.8) is 0 Å². The molecule has 4 nitrogen and oxygen atoms in total. The number of benzene rings is 3. The fourth-order valence-corrected chi connectivity index (χ4v) is 5.07. The van der Waals surface area contributed by atoms with Gasteiger partial charge in [-0.15, -0.1) is 0 Å². The minimum atomic E-state index is -0.331. The minimum Gasteiger partial charge on any atom is -0.492 e. The monoisotopic (exact) mass is 501 g/mol. The highest BCUT2D eigenvalue weighted by atomic mass is 35.5. The Hall–Kier alpha value is -3.08. The topological polar surface area (TPSA) is 42.7 Å². The minimum absolute atomic E-state index is 0.331. The van der Waals surface area contributed by atoms with Gasteiger partial charge in [-0.2, -0.15) is 0 Å². The van der Waals surface area contributed by atoms with Gasteiger partial charge in [-0.05, 0) is 90.9 Å². The highest BCUT2D eigenvalue weighted by molar-refractivity contribution is 6.30. The number of rotatable bonds is 8. The van der Waals surface area contributed by atoms with Gasteiger partial charge in [0.2, 0.25) is 0 Å². The molecule has 0 N–H and O–H groups in total. The smallest absolute Gasteiger partial charge is 0.344 e. The van der Waals surface area contributed by atoms with Gasteiger partial charge in [-0.3, -0.25) is 4.90 Å². The molecule has 0 spiro atoms. The predicted molar refractivity (Wildman–Crippen MR) is 147 cm³/mol. The number of hydrogen-bond acceptors (Lipinski definition) is 4. The fraction of sp³-hybridized carbons (Fsp3) is 0.323. The van der Waals surface area contributed by atoms with E-state index in [2.05, 4.69) is 43.0 Å². The van der Waals surface area contributed by atoms with Crippen LogP contribution in [0, 0.1) is 0 Å². The zero-order valence-electron chi connectivity index (χ0n) is 20.9. The van der Waals surface area contributed by atoms with E-state index in [-0.39, 0.29) is 5.63 Å². The van der Waals surface area contributed by atoms with E-state index < -0.39 is 0 Å². The summed E-state index contributed by atoms with van der Waals surface area (Å²) in [5.74, 6) is 1.21. The molecule has 36 heavy (non-hydrogen) atoms. The largest absolute Gasteiger partial charge is 0.492 e. The fourth-order valence-electron chi connectivity index (χ4n) is 4.94. The van der Waals surface area contributed by atoms with Gasteiger partial charge in [0.25, 0.3) is 0 Å². The van der Waals surface area contributed by atoms with Gasteiger partial charge < -0.3 is 9.15 Å². The molecule has 1 aliphatic heterocycles. The van der Waals surface area contributed by atoms with Crippen molar-refractivity contribution in [2.24, 2.45) is 0 Å². The number of halogens is 1. The summed E-state index contributed by atoms with van der Waals surface area (Å²) < 4.78 is 11.8. The van der Waals surface area contributed by atoms with E-state index in [1.165, 1.54) is 25.9 Å². The standard InChI is InChI=1S/C31H32ClNO3/c1-21(2)24-9-14-27-28(30(31(34)36-29(27)20-24)23-7-10-25(32)11-8-23)19-22-5-12-26(13-6-22)35-18-17-33-15-3-4-16-33/h5-14,20-21H,3-4,15-19H2,1-2H3. The Morgan fingerprint density at radius 3 is 2.39 bits per heavy atom. The Morgan fingerprint density at radius 2 is 1.69 bits per heavy atom. The predicted octanol–water partition coefficient (Wildman–Crippen LogP) is 7.30. The summed E-state index contributed by atoms with van der Waals surface area (Å²) in [4.78, 5) is 15.7. The van der Waals surface area contributed by atoms with Gasteiger partial charge in [-0.1, -0.05) is 61.8 Å². The van der Waals surface area contributed by atoms with Gasteiger partial charge in [-0.25, -0.2) is 4.79 Å². The Bertz CT molecular complexity index is 1380. The highest BCUT2D eigenvalue weighted by Crippen LogP contribution is 2.32. The molecule has 0 amide bonds. The Labute approximate surface area is 217 Å². The number of nitrogens with zero attached hydrogens (tertiary/aromatic N) is 1. The van der Waals surface area contributed by atoms with Gasteiger partial charge in [0, 0.05) is 17.0 Å². The average molecular weight is 502 g/mol. The molecule has 1 aromatic heterocycles. The summed E-state index contributed by atoms with van der Waals surface area (Å²) in [5, 5.41) is 1.59. The molecule has 5 rings (SSSR count). The summed E-state index contributed by atoms with van der Waals surface area (Å²) in [5.41, 5.74) is 4.90. The third kappa shape index (κ3) is 5.50. The zero-order valence-corrected chi connectivity index (χ0v) is 21.7. The summed E-state index contributed by atoms with van der Waals surface area (Å²) in [6.45, 7) is 8.29. The molecule has 1 aliphatic rings. The van der Waals surface area contributed by atoms with Crippen molar-refractivity contribution in [2.45, 2.75) is 39.0 Å². The third-order valence-corrected chi connectivity index (χ3v) is 7.27. The molecule has 3 aromatic carbocycles. The Kier molecular flexibility index (Phi) is 7.45. The van der Waals surface area contributed by atoms with Crippen LogP contribution in [0.1, 0.15) is 49.3 Å². The van der Waals surface area contributed by atoms with E-state index in [9.17, 15) is 4.79 Å². The highest BCUT2D eigenvalue weighted by Gasteiger charge is 2.18. The summed E-state index contributed by atoms with van der Waals surface area (Å²) in [6, 6.07) is 21.8. The Balaban J connectivity index is 1.46. The molecule has 1 saturated heterocycles. The van der Waals surface area contributed by atoms with Crippen LogP contribution in [0.15, 0.2) is 75.9 Å². The number of ether oxygens (including phenoxy) is 1. The van der Waals surface area contributed by atoms with E-state index >= 15 is 0 Å². The van der Waals surface area contributed by atoms with Gasteiger partial charge in [0.1, 0.15) is 17.9 Å². The van der Waals surface area contributed by atoms with Crippen LogP contribution in [0.4, 0.5) is 0 Å². The van der Waals surface area contributed by atoms with E-state index in [0.717, 1.165) is 39.9 Å². The lowest BCUT2D eigenvalue weighted by Crippen LogP contribution is -2.25. The van der Waals surface area contributed by atoms with Crippen LogP contribution in [0.3, 0.4) is 0 Å². The van der Waals surface area contributed by atoms with E-state index in [1.807, 2.05) is 30.3 Å². The lowest BCUT2D eigenvalue weighted by atomic mass is 9.92. The van der Waals surface area contributed by atoms with Crippen LogP contribution in [0.5, 0.6) is 5.75 Å². The maximum atomic E-state index is 13.3. The quantitative estimate of drug-likeness (QED) is 0.237. The molecule has 0 radical (unpaired) electrons. The van der Waals surface area contributed by atoms with Crippen molar-refractivity contribution in [2.75, 3.05) is 26.2 Å². The van der Waals surface area contributed by atoms with Gasteiger partial charge in [0.05, 0.1) is 5.56 Å². The van der Waals surface area contributed by atoms with E-state index in [0.29, 0.717) is 35.1 Å². The molecule has 0 unspecified atom stereocenters. The van der Waals surface area contributed by atoms with Crippen molar-refractivity contribution in [3.05, 3.63) is 98.9 Å². The van der Waals surface area contributed by atoms with Crippen molar-refractivity contribution in [1.82, 2.24) is 4.90 Å². The van der Waals surface area contributed by atoms with Crippen molar-refractivity contribution < 1.29 is 9.15 Å². The lowest BCUT2D eigenvalue weighted by Gasteiger charge is -2.16. The molecule has 0 aliphatic carbocycles. The maximum absolute atomic E-state index is 13.3. The van der Waals surface area contributed by atoms with Crippen LogP contribution < -0.4 is 10.4 Å². The molecule has 1 fully saturated rings. The van der Waals surface area contributed by atoms with Crippen LogP contribution in [-0.4, -0.2) is 31.1 Å². The second kappa shape index (κ2) is 10.9. The van der Waals surface area contributed by atoms with Crippen LogP contribution >= 0.6 is 11.6 Å². The van der Waals surface area contributed by atoms with Gasteiger partial charge >= 0.3 is 5.63 Å². The normalized spacial score (nSPS) is 14.1. The van der Waals surface area contributed by atoms with Crippen molar-refractivity contribution in [3.8, 4) is 16.9 Å². The first-order valence-corrected chi connectivity index (χ1v) is 13.2. The molecule has 186 valence electrons. The molecule has 0 bridgehead atoms. The molecule has 5 heteroatoms. The van der Waals surface area contributed by atoms with E-state index in [1.54, 1.807) is 12.1 Å². The number of hydrogen-bond donors (Lipinski definition) is 0. The summed E-state index contributed by atoms with van der Waals surface area (Å²) in [7, 11) is 0. The molecular formula is C31H32ClNO3. The van der Waals surface area contributed by atoms with E-state index in [4.69, 9.17) is 20.8 Å². The molecule has 2 heterocycles. The maximum Gasteiger partial charge on any atom is 0.344 e. The zero-order chi connectivity index (χ0) is 25.1. The number of likely N-dealkylation sites (tertiary alicyclic amines) is 1. The Morgan fingerprint density at radius 1 is 0.972 bits per heavy atom. The lowest BCUT2D eigenvalue weighted by molar-refractivity contribution is 0.238. The van der Waals surface area contributed by atoms with Crippen LogP contribution in [-0.2, 0) is 6.42 Å². The molecule has 4 aromatic rings. The van der Waals surface area contributed by atoms with Crippen LogP contribution in [0.25, 0.3) is 22.1 Å². The van der Waals surface area contributed by atoms with Crippen molar-refractivity contribution >= 4 is 22.6 Å². The molecular weight excluding hydrogens is 470 g/mol. The second-order valence-electron chi connectivity index (χ2n) is 9.88. The first-order chi connectivity index (χ1) is 17.5. The first kappa shape index (κ1) is 24.6. The average Bonchev–Trinajstić information content (AvgIpc) is 3.39. The van der Waals surface area contributed by atoms with Crippen molar-refractivity contribution in [1.29, 1.82) is 0 Å². The second-order valence-corrected chi connectivity index (χ2v) is 10.3. The summed E-state index contributed by atoms with van der Waals surface area (Å²) in [6.07, 6.45) is 3.19. The SMILES string of the molecule is CC(C)c1ccc2c(Cc3ccc(OCCN4CCCC4)cc3)c(-c3ccc(Cl)cc3)c(=O)oc2c1. The number of fused-ring (bicyclic) bond motifs is 1. The van der Waals surface area contributed by atoms with Crippen LogP contribution in [0.2, 0.25) is 5.02 Å². The third-order valence-electron chi connectivity index (χ3n) is 7.02. The van der Waals surface area contributed by atoms with Gasteiger partial charge in [0.15, 0.2) is 0 Å². The summed E-state index contributed by atoms with van der Waals surface area (Å²) >= 11 is 6.12. The molecule has 0 saturated carbocycles. The molecule has 0 atom stereocenters. The first-order valence-electron chi connectivity index (χ1n) is 12.8.